The second-order valence-corrected chi connectivity index (χ2v) is 7.02. The molecule has 2 rings (SSSR count). The van der Waals surface area contributed by atoms with Crippen LogP contribution in [0, 0.1) is 6.92 Å². The predicted molar refractivity (Wildman–Crippen MR) is 115 cm³/mol. The Kier molecular flexibility index (Phi) is 10.8. The molecule has 0 aromatic carbocycles. The van der Waals surface area contributed by atoms with E-state index < -0.39 is 0 Å². The molecule has 1 atom stereocenters. The van der Waals surface area contributed by atoms with E-state index in [1.54, 1.807) is 11.3 Å². The quantitative estimate of drug-likeness (QED) is 0.368. The molecule has 2 N–H and O–H groups in total. The third-order valence-corrected chi connectivity index (χ3v) is 5.40. The highest BCUT2D eigenvalue weighted by Gasteiger charge is 2.19. The van der Waals surface area contributed by atoms with Crippen molar-refractivity contribution < 1.29 is 0 Å². The number of piperidine rings is 1. The zero-order valence-corrected chi connectivity index (χ0v) is 18.3. The third-order valence-electron chi connectivity index (χ3n) is 4.48. The number of aliphatic imine (C=N–C) groups is 1. The zero-order valence-electron chi connectivity index (χ0n) is 15.2. The van der Waals surface area contributed by atoms with E-state index in [4.69, 9.17) is 0 Å². The Morgan fingerprint density at radius 1 is 1.38 bits per heavy atom. The Bertz CT molecular complexity index is 491. The van der Waals surface area contributed by atoms with Crippen LogP contribution in [-0.4, -0.2) is 48.1 Å². The summed E-state index contributed by atoms with van der Waals surface area (Å²) in [6.07, 6.45) is 5.35. The minimum atomic E-state index is 0. The largest absolute Gasteiger partial charge is 0.357 e. The lowest BCUT2D eigenvalue weighted by Crippen LogP contribution is -2.45. The Labute approximate surface area is 167 Å². The van der Waals surface area contributed by atoms with Crippen LogP contribution < -0.4 is 10.6 Å². The molecule has 24 heavy (non-hydrogen) atoms. The van der Waals surface area contributed by atoms with Crippen LogP contribution in [0.2, 0.25) is 0 Å². The van der Waals surface area contributed by atoms with Crippen molar-refractivity contribution in [1.29, 1.82) is 0 Å². The van der Waals surface area contributed by atoms with Gasteiger partial charge in [-0.1, -0.05) is 13.3 Å². The molecule has 1 aromatic rings. The summed E-state index contributed by atoms with van der Waals surface area (Å²) >= 11 is 1.68. The summed E-state index contributed by atoms with van der Waals surface area (Å²) in [6.45, 7) is 11.3. The van der Waals surface area contributed by atoms with Gasteiger partial charge in [-0.2, -0.15) is 0 Å². The Balaban J connectivity index is 0.00000288. The number of rotatable bonds is 7. The monoisotopic (exact) mass is 465 g/mol. The van der Waals surface area contributed by atoms with Crippen molar-refractivity contribution in [2.24, 2.45) is 4.99 Å². The van der Waals surface area contributed by atoms with Gasteiger partial charge < -0.3 is 10.6 Å². The predicted octanol–water partition coefficient (Wildman–Crippen LogP) is 3.39. The van der Waals surface area contributed by atoms with Crippen molar-refractivity contribution in [1.82, 2.24) is 20.5 Å². The van der Waals surface area contributed by atoms with E-state index in [-0.39, 0.29) is 24.0 Å². The molecule has 1 aliphatic heterocycles. The molecule has 0 bridgehead atoms. The van der Waals surface area contributed by atoms with E-state index in [2.05, 4.69) is 39.4 Å². The SMILES string of the molecule is CCNC(=NCc1scnc1C)NCCN1CCCCC1CC.I. The first-order chi connectivity index (χ1) is 11.2. The molecule has 0 saturated carbocycles. The van der Waals surface area contributed by atoms with E-state index in [1.165, 1.54) is 37.1 Å². The number of hydrogen-bond acceptors (Lipinski definition) is 4. The lowest BCUT2D eigenvalue weighted by Gasteiger charge is -2.35. The highest BCUT2D eigenvalue weighted by atomic mass is 127. The van der Waals surface area contributed by atoms with E-state index in [1.807, 2.05) is 12.4 Å². The van der Waals surface area contributed by atoms with Crippen LogP contribution in [0.3, 0.4) is 0 Å². The molecular weight excluding hydrogens is 433 g/mol. The highest BCUT2D eigenvalue weighted by molar-refractivity contribution is 14.0. The molecule has 7 heteroatoms. The van der Waals surface area contributed by atoms with Gasteiger partial charge in [0.15, 0.2) is 5.96 Å². The first-order valence-corrected chi connectivity index (χ1v) is 9.77. The molecule has 1 unspecified atom stereocenters. The number of halogens is 1. The standard InChI is InChI=1S/C17H31N5S.HI/c1-4-15-8-6-7-10-22(15)11-9-19-17(18-5-2)20-12-16-14(3)21-13-23-16;/h13,15H,4-12H2,1-3H3,(H2,18,19,20);1H. The number of aryl methyl sites for hydroxylation is 1. The van der Waals surface area contributed by atoms with Gasteiger partial charge in [0.2, 0.25) is 0 Å². The second kappa shape index (κ2) is 12.0. The maximum absolute atomic E-state index is 4.68. The smallest absolute Gasteiger partial charge is 0.191 e. The minimum Gasteiger partial charge on any atom is -0.357 e. The van der Waals surface area contributed by atoms with Crippen LogP contribution in [0.5, 0.6) is 0 Å². The number of aromatic nitrogens is 1. The van der Waals surface area contributed by atoms with Gasteiger partial charge in [0.05, 0.1) is 17.7 Å². The van der Waals surface area contributed by atoms with Crippen molar-refractivity contribution in [2.75, 3.05) is 26.2 Å². The van der Waals surface area contributed by atoms with Crippen LogP contribution in [-0.2, 0) is 6.54 Å². The molecule has 1 aliphatic rings. The number of guanidine groups is 1. The fourth-order valence-electron chi connectivity index (χ4n) is 3.11. The Morgan fingerprint density at radius 2 is 2.21 bits per heavy atom. The van der Waals surface area contributed by atoms with Crippen LogP contribution in [0.25, 0.3) is 0 Å². The zero-order chi connectivity index (χ0) is 16.5. The summed E-state index contributed by atoms with van der Waals surface area (Å²) in [7, 11) is 0. The van der Waals surface area contributed by atoms with Gasteiger partial charge in [-0.05, 0) is 39.7 Å². The van der Waals surface area contributed by atoms with Gasteiger partial charge in [-0.25, -0.2) is 9.98 Å². The molecular formula is C17H32IN5S. The lowest BCUT2D eigenvalue weighted by molar-refractivity contribution is 0.147. The maximum Gasteiger partial charge on any atom is 0.191 e. The molecule has 5 nitrogen and oxygen atoms in total. The minimum absolute atomic E-state index is 0. The summed E-state index contributed by atoms with van der Waals surface area (Å²) in [4.78, 5) is 12.8. The van der Waals surface area contributed by atoms with Crippen LogP contribution in [0.15, 0.2) is 10.5 Å². The first-order valence-electron chi connectivity index (χ1n) is 8.89. The summed E-state index contributed by atoms with van der Waals surface area (Å²) in [5.74, 6) is 0.908. The van der Waals surface area contributed by atoms with Gasteiger partial charge in [0.25, 0.3) is 0 Å². The summed E-state index contributed by atoms with van der Waals surface area (Å²) < 4.78 is 0. The van der Waals surface area contributed by atoms with Crippen molar-refractivity contribution >= 4 is 41.3 Å². The fraction of sp³-hybridized carbons (Fsp3) is 0.765. The third kappa shape index (κ3) is 6.84. The van der Waals surface area contributed by atoms with Crippen molar-refractivity contribution in [3.05, 3.63) is 16.1 Å². The highest BCUT2D eigenvalue weighted by Crippen LogP contribution is 2.18. The average molecular weight is 465 g/mol. The number of nitrogens with one attached hydrogen (secondary N) is 2. The molecule has 0 amide bonds. The lowest BCUT2D eigenvalue weighted by atomic mass is 10.0. The van der Waals surface area contributed by atoms with Crippen LogP contribution in [0.1, 0.15) is 50.1 Å². The van der Waals surface area contributed by atoms with Crippen LogP contribution >= 0.6 is 35.3 Å². The second-order valence-electron chi connectivity index (χ2n) is 6.08. The summed E-state index contributed by atoms with van der Waals surface area (Å²) in [5, 5.41) is 6.81. The normalized spacial score (nSPS) is 19.0. The Hall–Kier alpha value is -0.410. The van der Waals surface area contributed by atoms with Crippen molar-refractivity contribution in [3.63, 3.8) is 0 Å². The van der Waals surface area contributed by atoms with Gasteiger partial charge in [-0.3, -0.25) is 4.90 Å². The van der Waals surface area contributed by atoms with Gasteiger partial charge in [-0.15, -0.1) is 35.3 Å². The molecule has 1 saturated heterocycles. The van der Waals surface area contributed by atoms with Crippen LogP contribution in [0.4, 0.5) is 0 Å². The molecule has 0 spiro atoms. The topological polar surface area (TPSA) is 52.6 Å². The van der Waals surface area contributed by atoms with Crippen molar-refractivity contribution in [2.45, 2.75) is 59.0 Å². The van der Waals surface area contributed by atoms with E-state index in [9.17, 15) is 0 Å². The molecule has 1 fully saturated rings. The van der Waals surface area contributed by atoms with Gasteiger partial charge in [0.1, 0.15) is 0 Å². The number of likely N-dealkylation sites (tertiary alicyclic amines) is 1. The summed E-state index contributed by atoms with van der Waals surface area (Å²) in [5.41, 5.74) is 2.98. The number of nitrogens with zero attached hydrogens (tertiary/aromatic N) is 3. The number of thiazole rings is 1. The molecule has 138 valence electrons. The van der Waals surface area contributed by atoms with E-state index in [0.717, 1.165) is 37.3 Å². The van der Waals surface area contributed by atoms with Gasteiger partial charge in [0, 0.05) is 30.6 Å². The molecule has 0 aliphatic carbocycles. The molecule has 2 heterocycles. The first kappa shape index (κ1) is 21.6. The summed E-state index contributed by atoms with van der Waals surface area (Å²) in [6, 6.07) is 0.768. The average Bonchev–Trinajstić information content (AvgIpc) is 2.98. The molecule has 1 aromatic heterocycles. The van der Waals surface area contributed by atoms with E-state index >= 15 is 0 Å². The van der Waals surface area contributed by atoms with Gasteiger partial charge >= 0.3 is 0 Å². The molecule has 0 radical (unpaired) electrons. The number of hydrogen-bond donors (Lipinski definition) is 2. The Morgan fingerprint density at radius 3 is 2.88 bits per heavy atom. The van der Waals surface area contributed by atoms with E-state index in [0.29, 0.717) is 6.54 Å². The fourth-order valence-corrected chi connectivity index (χ4v) is 3.81. The van der Waals surface area contributed by atoms with Crippen molar-refractivity contribution in [3.8, 4) is 0 Å². The maximum atomic E-state index is 4.68.